The summed E-state index contributed by atoms with van der Waals surface area (Å²) in [5.41, 5.74) is 0.857. The summed E-state index contributed by atoms with van der Waals surface area (Å²) in [4.78, 5) is 12.3. The Morgan fingerprint density at radius 3 is 2.52 bits per heavy atom. The molecule has 1 amide bonds. The quantitative estimate of drug-likeness (QED) is 0.621. The maximum atomic E-state index is 12.3. The van der Waals surface area contributed by atoms with Crippen LogP contribution in [0.4, 0.5) is 5.69 Å². The first kappa shape index (κ1) is 18.4. The summed E-state index contributed by atoms with van der Waals surface area (Å²) in [6.45, 7) is -0.0541. The summed E-state index contributed by atoms with van der Waals surface area (Å²) in [7, 11) is 0. The van der Waals surface area contributed by atoms with E-state index in [9.17, 15) is 10.1 Å². The Kier molecular flexibility index (Phi) is 6.42. The second-order valence-corrected chi connectivity index (χ2v) is 5.53. The molecule has 0 radical (unpaired) electrons. The van der Waals surface area contributed by atoms with Gasteiger partial charge in [-0.15, -0.1) is 0 Å². The van der Waals surface area contributed by atoms with Gasteiger partial charge < -0.3 is 10.1 Å². The smallest absolute Gasteiger partial charge is 0.266 e. The van der Waals surface area contributed by atoms with Gasteiger partial charge in [0.15, 0.2) is 6.61 Å². The summed E-state index contributed by atoms with van der Waals surface area (Å²) in [6.07, 6.45) is 1.43. The highest BCUT2D eigenvalue weighted by Crippen LogP contribution is 2.29. The van der Waals surface area contributed by atoms with Gasteiger partial charge in [0.25, 0.3) is 5.91 Å². The lowest BCUT2D eigenvalue weighted by molar-refractivity contribution is -0.112. The molecule has 1 N–H and O–H groups in total. The van der Waals surface area contributed by atoms with Gasteiger partial charge in [-0.1, -0.05) is 41.4 Å². The van der Waals surface area contributed by atoms with Crippen LogP contribution in [0.25, 0.3) is 6.08 Å². The topological polar surface area (TPSA) is 85.9 Å². The fourth-order valence-electron chi connectivity index (χ4n) is 1.88. The molecule has 25 heavy (non-hydrogen) atoms. The molecule has 0 fully saturated rings. The van der Waals surface area contributed by atoms with E-state index in [1.54, 1.807) is 42.5 Å². The SMILES string of the molecule is N#CCOc1ccc(/C=C(/C#N)C(=O)Nc2cccc(Cl)c2Cl)cc1. The van der Waals surface area contributed by atoms with Gasteiger partial charge in [-0.05, 0) is 35.9 Å². The molecular formula is C18H11Cl2N3O2. The number of anilines is 1. The van der Waals surface area contributed by atoms with Crippen molar-refractivity contribution in [2.45, 2.75) is 0 Å². The second-order valence-electron chi connectivity index (χ2n) is 4.74. The standard InChI is InChI=1S/C18H11Cl2N3O2/c19-15-2-1-3-16(17(15)20)23-18(24)13(11-22)10-12-4-6-14(7-5-12)25-9-8-21/h1-7,10H,9H2,(H,23,24)/b13-10-. The highest BCUT2D eigenvalue weighted by atomic mass is 35.5. The summed E-state index contributed by atoms with van der Waals surface area (Å²) >= 11 is 11.9. The monoisotopic (exact) mass is 371 g/mol. The molecule has 2 aromatic carbocycles. The first-order valence-electron chi connectivity index (χ1n) is 7.02. The Hall–Kier alpha value is -2.99. The third-order valence-electron chi connectivity index (χ3n) is 3.06. The van der Waals surface area contributed by atoms with Crippen molar-refractivity contribution in [3.8, 4) is 17.9 Å². The normalized spacial score (nSPS) is 10.5. The Morgan fingerprint density at radius 1 is 1.16 bits per heavy atom. The van der Waals surface area contributed by atoms with Gasteiger partial charge in [0.1, 0.15) is 23.5 Å². The fourth-order valence-corrected chi connectivity index (χ4v) is 2.23. The van der Waals surface area contributed by atoms with E-state index in [0.29, 0.717) is 22.0 Å². The minimum absolute atomic E-state index is 0.0541. The van der Waals surface area contributed by atoms with E-state index in [4.69, 9.17) is 33.2 Å². The van der Waals surface area contributed by atoms with Crippen molar-refractivity contribution in [3.63, 3.8) is 0 Å². The Bertz CT molecular complexity index is 894. The molecule has 0 atom stereocenters. The first-order valence-corrected chi connectivity index (χ1v) is 7.77. The van der Waals surface area contributed by atoms with Crippen molar-refractivity contribution in [1.82, 2.24) is 0 Å². The van der Waals surface area contributed by atoms with E-state index in [1.165, 1.54) is 6.08 Å². The number of hydrogen-bond donors (Lipinski definition) is 1. The van der Waals surface area contributed by atoms with Gasteiger partial charge in [0, 0.05) is 0 Å². The number of nitrogens with zero attached hydrogens (tertiary/aromatic N) is 2. The van der Waals surface area contributed by atoms with Gasteiger partial charge in [-0.3, -0.25) is 4.79 Å². The van der Waals surface area contributed by atoms with Crippen LogP contribution in [0.15, 0.2) is 48.0 Å². The number of rotatable bonds is 5. The fraction of sp³-hybridized carbons (Fsp3) is 0.0556. The number of carbonyl (C=O) groups excluding carboxylic acids is 1. The van der Waals surface area contributed by atoms with Crippen molar-refractivity contribution < 1.29 is 9.53 Å². The third-order valence-corrected chi connectivity index (χ3v) is 3.88. The van der Waals surface area contributed by atoms with Crippen molar-refractivity contribution in [3.05, 3.63) is 63.6 Å². The summed E-state index contributed by atoms with van der Waals surface area (Å²) in [5.74, 6) is -0.0798. The van der Waals surface area contributed by atoms with Gasteiger partial charge in [-0.2, -0.15) is 10.5 Å². The molecule has 0 heterocycles. The van der Waals surface area contributed by atoms with Crippen LogP contribution < -0.4 is 10.1 Å². The predicted molar refractivity (Wildman–Crippen MR) is 96.2 cm³/mol. The van der Waals surface area contributed by atoms with Gasteiger partial charge in [0.05, 0.1) is 15.7 Å². The highest BCUT2D eigenvalue weighted by molar-refractivity contribution is 6.44. The van der Waals surface area contributed by atoms with E-state index in [2.05, 4.69) is 5.32 Å². The molecule has 0 saturated heterocycles. The number of carbonyl (C=O) groups is 1. The Balaban J connectivity index is 2.16. The number of nitrogens with one attached hydrogen (secondary N) is 1. The van der Waals surface area contributed by atoms with Crippen LogP contribution in [0.1, 0.15) is 5.56 Å². The first-order chi connectivity index (χ1) is 12.0. The van der Waals surface area contributed by atoms with Crippen LogP contribution in [0.3, 0.4) is 0 Å². The highest BCUT2D eigenvalue weighted by Gasteiger charge is 2.12. The minimum atomic E-state index is -0.600. The lowest BCUT2D eigenvalue weighted by Crippen LogP contribution is -2.13. The second kappa shape index (κ2) is 8.75. The van der Waals surface area contributed by atoms with Crippen molar-refractivity contribution >= 4 is 40.9 Å². The number of benzene rings is 2. The molecule has 0 aliphatic carbocycles. The van der Waals surface area contributed by atoms with Crippen LogP contribution >= 0.6 is 23.2 Å². The third kappa shape index (κ3) is 4.99. The molecule has 0 saturated carbocycles. The largest absolute Gasteiger partial charge is 0.479 e. The molecule has 124 valence electrons. The summed E-state index contributed by atoms with van der Waals surface area (Å²) in [6, 6.07) is 15.2. The van der Waals surface area contributed by atoms with E-state index in [-0.39, 0.29) is 17.2 Å². The van der Waals surface area contributed by atoms with Crippen molar-refractivity contribution in [1.29, 1.82) is 10.5 Å². The van der Waals surface area contributed by atoms with E-state index >= 15 is 0 Å². The molecule has 0 bridgehead atoms. The van der Waals surface area contributed by atoms with Gasteiger partial charge in [0.2, 0.25) is 0 Å². The lowest BCUT2D eigenvalue weighted by atomic mass is 10.1. The minimum Gasteiger partial charge on any atom is -0.479 e. The molecule has 2 rings (SSSR count). The van der Waals surface area contributed by atoms with Gasteiger partial charge in [-0.25, -0.2) is 0 Å². The maximum Gasteiger partial charge on any atom is 0.266 e. The predicted octanol–water partition coefficient (Wildman–Crippen LogP) is 4.44. The van der Waals surface area contributed by atoms with Crippen LogP contribution in [0, 0.1) is 22.7 Å². The van der Waals surface area contributed by atoms with Crippen LogP contribution in [0.2, 0.25) is 10.0 Å². The molecular weight excluding hydrogens is 361 g/mol. The summed E-state index contributed by atoms with van der Waals surface area (Å²) in [5, 5.41) is 20.8. The molecule has 5 nitrogen and oxygen atoms in total. The molecule has 0 aliphatic heterocycles. The average Bonchev–Trinajstić information content (AvgIpc) is 2.62. The van der Waals surface area contributed by atoms with Gasteiger partial charge >= 0.3 is 0 Å². The number of halogens is 2. The molecule has 7 heteroatoms. The van der Waals surface area contributed by atoms with Crippen molar-refractivity contribution in [2.24, 2.45) is 0 Å². The van der Waals surface area contributed by atoms with Crippen LogP contribution in [-0.2, 0) is 4.79 Å². The molecule has 0 spiro atoms. The van der Waals surface area contributed by atoms with E-state index in [1.807, 2.05) is 12.1 Å². The average molecular weight is 372 g/mol. The molecule has 2 aromatic rings. The zero-order chi connectivity index (χ0) is 18.2. The zero-order valence-corrected chi connectivity index (χ0v) is 14.3. The molecule has 0 aliphatic rings. The van der Waals surface area contributed by atoms with Crippen LogP contribution in [-0.4, -0.2) is 12.5 Å². The number of amides is 1. The Morgan fingerprint density at radius 2 is 1.88 bits per heavy atom. The molecule has 0 aromatic heterocycles. The zero-order valence-electron chi connectivity index (χ0n) is 12.8. The van der Waals surface area contributed by atoms with E-state index < -0.39 is 5.91 Å². The lowest BCUT2D eigenvalue weighted by Gasteiger charge is -2.07. The van der Waals surface area contributed by atoms with Crippen molar-refractivity contribution in [2.75, 3.05) is 11.9 Å². The Labute approximate surface area is 154 Å². The number of nitriles is 2. The van der Waals surface area contributed by atoms with E-state index in [0.717, 1.165) is 0 Å². The molecule has 0 unspecified atom stereocenters. The number of ether oxygens (including phenoxy) is 1. The maximum absolute atomic E-state index is 12.3. The summed E-state index contributed by atoms with van der Waals surface area (Å²) < 4.78 is 5.14. The number of hydrogen-bond acceptors (Lipinski definition) is 4. The van der Waals surface area contributed by atoms with Crippen LogP contribution in [0.5, 0.6) is 5.75 Å².